The van der Waals surface area contributed by atoms with Gasteiger partial charge in [0.2, 0.25) is 0 Å². The number of carbonyl (C=O) groups excluding carboxylic acids is 3. The van der Waals surface area contributed by atoms with Crippen molar-refractivity contribution in [2.24, 2.45) is 0 Å². The maximum atomic E-state index is 12.0. The number of unbranched alkanes of at least 4 members (excludes halogenated alkanes) is 1. The smallest absolute Gasteiger partial charge is 0.456 e. The van der Waals surface area contributed by atoms with Gasteiger partial charge in [-0.2, -0.15) is 0 Å². The van der Waals surface area contributed by atoms with Gasteiger partial charge in [0.05, 0.1) is 6.42 Å². The van der Waals surface area contributed by atoms with Crippen molar-refractivity contribution < 1.29 is 57.2 Å². The van der Waals surface area contributed by atoms with Gasteiger partial charge in [-0.25, -0.2) is 14.4 Å². The molecule has 0 saturated heterocycles. The highest BCUT2D eigenvalue weighted by Gasteiger charge is 2.57. The number of aliphatic hydroxyl groups excluding tert-OH is 3. The number of rotatable bonds is 18. The van der Waals surface area contributed by atoms with Crippen molar-refractivity contribution in [3.63, 3.8) is 0 Å². The van der Waals surface area contributed by atoms with Gasteiger partial charge < -0.3 is 42.8 Å². The van der Waals surface area contributed by atoms with E-state index in [-0.39, 0.29) is 26.2 Å². The van der Waals surface area contributed by atoms with Crippen LogP contribution in [0.15, 0.2) is 0 Å². The Kier molecular flexibility index (Phi) is 15.3. The fraction of sp³-hybridized carbons (Fsp3) is 0.842. The van der Waals surface area contributed by atoms with E-state index in [9.17, 15) is 29.7 Å². The molecule has 0 aliphatic rings. The molecule has 0 saturated carbocycles. The molecule has 0 spiro atoms. The molecular formula is C19H36O12Si. The Labute approximate surface area is 189 Å². The van der Waals surface area contributed by atoms with E-state index in [0.29, 0.717) is 12.8 Å². The monoisotopic (exact) mass is 484 g/mol. The van der Waals surface area contributed by atoms with Gasteiger partial charge in [0, 0.05) is 26.2 Å². The van der Waals surface area contributed by atoms with E-state index < -0.39 is 64.5 Å². The maximum Gasteiger partial charge on any atom is 0.544 e. The fourth-order valence-corrected chi connectivity index (χ4v) is 5.81. The zero-order chi connectivity index (χ0) is 24.6. The highest BCUT2D eigenvalue weighted by molar-refractivity contribution is 6.62. The Balaban J connectivity index is 6.51. The Morgan fingerprint density at radius 2 is 1.22 bits per heavy atom. The second kappa shape index (κ2) is 16.1. The number of hydrogen-bond acceptors (Lipinski definition) is 12. The van der Waals surface area contributed by atoms with Crippen molar-refractivity contribution in [1.82, 2.24) is 0 Å². The van der Waals surface area contributed by atoms with Gasteiger partial charge in [-0.15, -0.1) is 0 Å². The summed E-state index contributed by atoms with van der Waals surface area (Å²) in [5.74, 6) is -5.26. The number of carbonyl (C=O) groups is 3. The van der Waals surface area contributed by atoms with E-state index in [0.717, 1.165) is 0 Å². The molecule has 32 heavy (non-hydrogen) atoms. The lowest BCUT2D eigenvalue weighted by molar-refractivity contribution is -0.243. The van der Waals surface area contributed by atoms with Gasteiger partial charge in [0.1, 0.15) is 19.8 Å². The molecule has 0 heterocycles. The first-order chi connectivity index (χ1) is 15.2. The van der Waals surface area contributed by atoms with Crippen LogP contribution in [0.1, 0.15) is 53.4 Å². The van der Waals surface area contributed by atoms with Crippen molar-refractivity contribution in [2.45, 2.75) is 64.9 Å². The molecule has 0 aliphatic carbocycles. The van der Waals surface area contributed by atoms with Gasteiger partial charge >= 0.3 is 26.7 Å². The van der Waals surface area contributed by atoms with Crippen LogP contribution in [0.5, 0.6) is 0 Å². The van der Waals surface area contributed by atoms with Crippen LogP contribution < -0.4 is 0 Å². The lowest BCUT2D eigenvalue weighted by Gasteiger charge is -2.40. The van der Waals surface area contributed by atoms with Crippen molar-refractivity contribution in [3.8, 4) is 0 Å². The molecular weight excluding hydrogens is 448 g/mol. The molecule has 0 fully saturated rings. The van der Waals surface area contributed by atoms with Crippen LogP contribution in [0.3, 0.4) is 0 Å². The van der Waals surface area contributed by atoms with Crippen molar-refractivity contribution in [2.75, 3.05) is 39.6 Å². The van der Waals surface area contributed by atoms with E-state index in [4.69, 9.17) is 27.5 Å². The lowest BCUT2D eigenvalue weighted by atomic mass is 10.1. The Morgan fingerprint density at radius 1 is 0.781 bits per heavy atom. The van der Waals surface area contributed by atoms with Crippen LogP contribution in [0.25, 0.3) is 0 Å². The Hall–Kier alpha value is -1.61. The summed E-state index contributed by atoms with van der Waals surface area (Å²) in [5.41, 5.74) is -1.35. The lowest BCUT2D eigenvalue weighted by Crippen LogP contribution is -2.61. The highest BCUT2D eigenvalue weighted by Crippen LogP contribution is 2.33. The average molecular weight is 485 g/mol. The maximum absolute atomic E-state index is 12.0. The summed E-state index contributed by atoms with van der Waals surface area (Å²) < 4.78 is 33.3. The third-order valence-corrected chi connectivity index (χ3v) is 7.28. The van der Waals surface area contributed by atoms with E-state index in [1.165, 1.54) is 0 Å². The molecule has 0 aromatic carbocycles. The minimum Gasteiger partial charge on any atom is -0.456 e. The first kappa shape index (κ1) is 30.4. The standard InChI is InChI=1S/C19H36O12Si/c1-5-9-10-19(30-16(24)13-21,31-17(25)14-22)11-18(29-15(23)12-20)32(26-6-2,27-7-3)28-8-4/h18,20-22H,5-14H2,1-4H3. The van der Waals surface area contributed by atoms with Gasteiger partial charge in [-0.05, 0) is 27.2 Å². The summed E-state index contributed by atoms with van der Waals surface area (Å²) in [6.45, 7) is 4.26. The predicted molar refractivity (Wildman–Crippen MR) is 111 cm³/mol. The van der Waals surface area contributed by atoms with Crippen LogP contribution in [0.2, 0.25) is 0 Å². The van der Waals surface area contributed by atoms with Crippen LogP contribution in [0, 0.1) is 0 Å². The summed E-state index contributed by atoms with van der Waals surface area (Å²) in [4.78, 5) is 36.0. The molecule has 1 unspecified atom stereocenters. The molecule has 0 rings (SSSR count). The van der Waals surface area contributed by atoms with E-state index in [1.54, 1.807) is 20.8 Å². The minimum atomic E-state index is -3.84. The molecule has 188 valence electrons. The zero-order valence-corrected chi connectivity index (χ0v) is 20.2. The van der Waals surface area contributed by atoms with Gasteiger partial charge in [-0.1, -0.05) is 13.3 Å². The van der Waals surface area contributed by atoms with E-state index in [2.05, 4.69) is 0 Å². The normalized spacial score (nSPS) is 12.8. The van der Waals surface area contributed by atoms with Gasteiger partial charge in [-0.3, -0.25) is 0 Å². The van der Waals surface area contributed by atoms with Crippen molar-refractivity contribution in [1.29, 1.82) is 0 Å². The van der Waals surface area contributed by atoms with E-state index in [1.807, 2.05) is 6.92 Å². The summed E-state index contributed by atoms with van der Waals surface area (Å²) in [7, 11) is -3.84. The zero-order valence-electron chi connectivity index (χ0n) is 19.2. The van der Waals surface area contributed by atoms with Gasteiger partial charge in [0.25, 0.3) is 5.79 Å². The van der Waals surface area contributed by atoms with Gasteiger partial charge in [0.15, 0.2) is 5.73 Å². The number of hydrogen-bond donors (Lipinski definition) is 3. The largest absolute Gasteiger partial charge is 0.544 e. The first-order valence-corrected chi connectivity index (χ1v) is 12.4. The van der Waals surface area contributed by atoms with E-state index >= 15 is 0 Å². The first-order valence-electron chi connectivity index (χ1n) is 10.6. The third-order valence-electron chi connectivity index (χ3n) is 4.10. The molecule has 0 aliphatic heterocycles. The molecule has 1 atom stereocenters. The minimum absolute atomic E-state index is 0.0387. The van der Waals surface area contributed by atoms with Crippen molar-refractivity contribution >= 4 is 26.7 Å². The molecule has 0 aromatic rings. The molecule has 3 N–H and O–H groups in total. The molecule has 0 bridgehead atoms. The van der Waals surface area contributed by atoms with Crippen LogP contribution in [0.4, 0.5) is 0 Å². The quantitative estimate of drug-likeness (QED) is 0.134. The molecule has 12 nitrogen and oxygen atoms in total. The summed E-state index contributed by atoms with van der Waals surface area (Å²) >= 11 is 0. The molecule has 0 amide bonds. The SMILES string of the molecule is CCCCC(CC(OC(=O)CO)[Si](OCC)(OCC)OCC)(OC(=O)CO)OC(=O)CO. The predicted octanol–water partition coefficient (Wildman–Crippen LogP) is -0.174. The molecule has 0 aromatic heterocycles. The summed E-state index contributed by atoms with van der Waals surface area (Å²) in [6.07, 6.45) is 0.511. The second-order valence-corrected chi connectivity index (χ2v) is 9.24. The Bertz CT molecular complexity index is 535. The second-order valence-electron chi connectivity index (χ2n) is 6.52. The number of ether oxygens (including phenoxy) is 3. The topological polar surface area (TPSA) is 167 Å². The molecule has 13 heteroatoms. The number of esters is 3. The fourth-order valence-electron chi connectivity index (χ4n) is 2.96. The highest BCUT2D eigenvalue weighted by atomic mass is 28.4. The summed E-state index contributed by atoms with van der Waals surface area (Å²) in [5, 5.41) is 27.6. The van der Waals surface area contributed by atoms with Crippen LogP contribution in [-0.2, 0) is 41.9 Å². The Morgan fingerprint density at radius 3 is 1.56 bits per heavy atom. The average Bonchev–Trinajstić information content (AvgIpc) is 2.77. The molecule has 0 radical (unpaired) electrons. The van der Waals surface area contributed by atoms with Crippen LogP contribution >= 0.6 is 0 Å². The summed E-state index contributed by atoms with van der Waals surface area (Å²) in [6, 6.07) is 0. The number of aliphatic hydroxyl groups is 3. The van der Waals surface area contributed by atoms with Crippen LogP contribution in [-0.4, -0.2) is 93.2 Å². The van der Waals surface area contributed by atoms with Crippen molar-refractivity contribution in [3.05, 3.63) is 0 Å². The third kappa shape index (κ3) is 9.89.